The molecular formula is C14H17BrFNO2. The number of carbonyl (C=O) groups is 1. The van der Waals surface area contributed by atoms with Gasteiger partial charge in [-0.3, -0.25) is 4.79 Å². The first-order valence-corrected chi connectivity index (χ1v) is 7.27. The average molecular weight is 330 g/mol. The summed E-state index contributed by atoms with van der Waals surface area (Å²) in [5.74, 6) is -0.542. The third-order valence-corrected chi connectivity index (χ3v) is 4.22. The van der Waals surface area contributed by atoms with Crippen molar-refractivity contribution in [2.24, 2.45) is 5.92 Å². The fourth-order valence-corrected chi connectivity index (χ4v) is 2.91. The van der Waals surface area contributed by atoms with Gasteiger partial charge in [-0.2, -0.15) is 0 Å². The molecule has 2 N–H and O–H groups in total. The Kier molecular flexibility index (Phi) is 4.93. The van der Waals surface area contributed by atoms with Crippen LogP contribution in [0.5, 0.6) is 0 Å². The van der Waals surface area contributed by atoms with Crippen molar-refractivity contribution in [2.45, 2.75) is 31.8 Å². The van der Waals surface area contributed by atoms with E-state index < -0.39 is 11.7 Å². The van der Waals surface area contributed by atoms with Gasteiger partial charge >= 0.3 is 0 Å². The summed E-state index contributed by atoms with van der Waals surface area (Å²) in [4.78, 5) is 12.0. The third-order valence-electron chi connectivity index (χ3n) is 3.56. The summed E-state index contributed by atoms with van der Waals surface area (Å²) in [6, 6.07) is 4.48. The fourth-order valence-electron chi connectivity index (χ4n) is 2.39. The average Bonchev–Trinajstić information content (AvgIpc) is 2.38. The first-order valence-electron chi connectivity index (χ1n) is 6.48. The lowest BCUT2D eigenvalue weighted by molar-refractivity contribution is 0.0906. The molecule has 5 heteroatoms. The molecule has 3 nitrogen and oxygen atoms in total. The van der Waals surface area contributed by atoms with Gasteiger partial charge in [-0.25, -0.2) is 4.39 Å². The standard InChI is InChI=1S/C14H17BrFNO2/c15-11-2-1-3-12(16)13(11)14(19)17-8-9-4-6-10(18)7-5-9/h1-3,9-10,18H,4-8H2,(H,17,19). The van der Waals surface area contributed by atoms with Crippen molar-refractivity contribution >= 4 is 21.8 Å². The molecule has 0 aliphatic heterocycles. The summed E-state index contributed by atoms with van der Waals surface area (Å²) < 4.78 is 14.1. The number of carbonyl (C=O) groups excluding carboxylic acids is 1. The highest BCUT2D eigenvalue weighted by Gasteiger charge is 2.21. The number of rotatable bonds is 3. The van der Waals surface area contributed by atoms with Crippen LogP contribution in [0, 0.1) is 11.7 Å². The topological polar surface area (TPSA) is 49.3 Å². The van der Waals surface area contributed by atoms with Gasteiger partial charge in [0.05, 0.1) is 11.7 Å². The molecule has 1 amide bonds. The van der Waals surface area contributed by atoms with Crippen molar-refractivity contribution in [1.82, 2.24) is 5.32 Å². The van der Waals surface area contributed by atoms with Gasteiger partial charge in [-0.15, -0.1) is 0 Å². The van der Waals surface area contributed by atoms with Gasteiger partial charge in [-0.05, 0) is 59.7 Å². The van der Waals surface area contributed by atoms with Crippen molar-refractivity contribution in [3.05, 3.63) is 34.1 Å². The van der Waals surface area contributed by atoms with E-state index in [4.69, 9.17) is 0 Å². The van der Waals surface area contributed by atoms with Gasteiger partial charge in [0.25, 0.3) is 5.91 Å². The normalized spacial score (nSPS) is 23.1. The zero-order valence-electron chi connectivity index (χ0n) is 10.5. The lowest BCUT2D eigenvalue weighted by atomic mass is 9.87. The van der Waals surface area contributed by atoms with Crippen LogP contribution in [0.2, 0.25) is 0 Å². The highest BCUT2D eigenvalue weighted by molar-refractivity contribution is 9.10. The first kappa shape index (κ1) is 14.5. The van der Waals surface area contributed by atoms with Crippen molar-refractivity contribution < 1.29 is 14.3 Å². The maximum atomic E-state index is 13.6. The molecule has 0 saturated heterocycles. The molecule has 1 aliphatic rings. The van der Waals surface area contributed by atoms with E-state index in [-0.39, 0.29) is 11.7 Å². The summed E-state index contributed by atoms with van der Waals surface area (Å²) in [5, 5.41) is 12.2. The van der Waals surface area contributed by atoms with Crippen molar-refractivity contribution in [1.29, 1.82) is 0 Å². The molecule has 1 fully saturated rings. The number of benzene rings is 1. The Morgan fingerprint density at radius 2 is 2.05 bits per heavy atom. The number of aliphatic hydroxyl groups excluding tert-OH is 1. The van der Waals surface area contributed by atoms with Crippen LogP contribution >= 0.6 is 15.9 Å². The van der Waals surface area contributed by atoms with E-state index in [1.165, 1.54) is 6.07 Å². The molecule has 0 spiro atoms. The SMILES string of the molecule is O=C(NCC1CCC(O)CC1)c1c(F)cccc1Br. The van der Waals surface area contributed by atoms with E-state index in [0.29, 0.717) is 16.9 Å². The van der Waals surface area contributed by atoms with Gasteiger partial charge in [0.1, 0.15) is 5.82 Å². The number of aliphatic hydroxyl groups is 1. The lowest BCUT2D eigenvalue weighted by Crippen LogP contribution is -2.32. The van der Waals surface area contributed by atoms with Gasteiger partial charge in [0, 0.05) is 11.0 Å². The highest BCUT2D eigenvalue weighted by Crippen LogP contribution is 2.24. The van der Waals surface area contributed by atoms with Crippen LogP contribution in [0.15, 0.2) is 22.7 Å². The van der Waals surface area contributed by atoms with Crippen LogP contribution < -0.4 is 5.32 Å². The van der Waals surface area contributed by atoms with Gasteiger partial charge < -0.3 is 10.4 Å². The summed E-state index contributed by atoms with van der Waals surface area (Å²) in [6.07, 6.45) is 3.17. The van der Waals surface area contributed by atoms with Crippen LogP contribution in [0.25, 0.3) is 0 Å². The second-order valence-corrected chi connectivity index (χ2v) is 5.84. The molecule has 1 aromatic carbocycles. The zero-order valence-corrected chi connectivity index (χ0v) is 12.1. The molecule has 1 aliphatic carbocycles. The maximum Gasteiger partial charge on any atom is 0.255 e. The van der Waals surface area contributed by atoms with Crippen LogP contribution in [0.4, 0.5) is 4.39 Å². The molecule has 0 atom stereocenters. The van der Waals surface area contributed by atoms with Crippen LogP contribution in [0.1, 0.15) is 36.0 Å². The molecule has 0 bridgehead atoms. The predicted octanol–water partition coefficient (Wildman–Crippen LogP) is 2.87. The predicted molar refractivity (Wildman–Crippen MR) is 74.4 cm³/mol. The minimum Gasteiger partial charge on any atom is -0.393 e. The van der Waals surface area contributed by atoms with Crippen LogP contribution in [-0.2, 0) is 0 Å². The zero-order chi connectivity index (χ0) is 13.8. The molecule has 0 radical (unpaired) electrons. The van der Waals surface area contributed by atoms with Crippen molar-refractivity contribution in [2.75, 3.05) is 6.54 Å². The smallest absolute Gasteiger partial charge is 0.255 e. The van der Waals surface area contributed by atoms with Crippen molar-refractivity contribution in [3.8, 4) is 0 Å². The maximum absolute atomic E-state index is 13.6. The molecule has 0 aromatic heterocycles. The molecular weight excluding hydrogens is 313 g/mol. The van der Waals surface area contributed by atoms with E-state index in [1.54, 1.807) is 12.1 Å². The Balaban J connectivity index is 1.91. The van der Waals surface area contributed by atoms with Gasteiger partial charge in [0.2, 0.25) is 0 Å². The molecule has 0 heterocycles. The van der Waals surface area contributed by atoms with Crippen LogP contribution in [-0.4, -0.2) is 23.7 Å². The van der Waals surface area contributed by atoms with Crippen LogP contribution in [0.3, 0.4) is 0 Å². The molecule has 1 aromatic rings. The van der Waals surface area contributed by atoms with Gasteiger partial charge in [0.15, 0.2) is 0 Å². The Bertz CT molecular complexity index is 439. The van der Waals surface area contributed by atoms with Gasteiger partial charge in [-0.1, -0.05) is 6.07 Å². The number of nitrogens with one attached hydrogen (secondary N) is 1. The number of hydrogen-bond donors (Lipinski definition) is 2. The second-order valence-electron chi connectivity index (χ2n) is 4.98. The Hall–Kier alpha value is -0.940. The van der Waals surface area contributed by atoms with E-state index >= 15 is 0 Å². The Morgan fingerprint density at radius 3 is 2.68 bits per heavy atom. The van der Waals surface area contributed by atoms with E-state index in [9.17, 15) is 14.3 Å². The minimum absolute atomic E-state index is 0.0540. The molecule has 1 saturated carbocycles. The second kappa shape index (κ2) is 6.48. The highest BCUT2D eigenvalue weighted by atomic mass is 79.9. The lowest BCUT2D eigenvalue weighted by Gasteiger charge is -2.25. The fraction of sp³-hybridized carbons (Fsp3) is 0.500. The van der Waals surface area contributed by atoms with E-state index in [1.807, 2.05) is 0 Å². The summed E-state index contributed by atoms with van der Waals surface area (Å²) in [6.45, 7) is 0.534. The molecule has 19 heavy (non-hydrogen) atoms. The largest absolute Gasteiger partial charge is 0.393 e. The third kappa shape index (κ3) is 3.76. The molecule has 2 rings (SSSR count). The summed E-state index contributed by atoms with van der Waals surface area (Å²) in [5.41, 5.74) is 0.0540. The van der Waals surface area contributed by atoms with Crippen molar-refractivity contribution in [3.63, 3.8) is 0 Å². The number of hydrogen-bond acceptors (Lipinski definition) is 2. The summed E-state index contributed by atoms with van der Waals surface area (Å²) in [7, 11) is 0. The minimum atomic E-state index is -0.522. The van der Waals surface area contributed by atoms with E-state index in [2.05, 4.69) is 21.2 Å². The van der Waals surface area contributed by atoms with E-state index in [0.717, 1.165) is 25.7 Å². The Morgan fingerprint density at radius 1 is 1.37 bits per heavy atom. The number of halogens is 2. The molecule has 104 valence electrons. The number of amides is 1. The Labute approximate surface area is 120 Å². The quantitative estimate of drug-likeness (QED) is 0.895. The molecule has 0 unspecified atom stereocenters. The monoisotopic (exact) mass is 329 g/mol. The first-order chi connectivity index (χ1) is 9.08. The summed E-state index contributed by atoms with van der Waals surface area (Å²) >= 11 is 3.19.